The van der Waals surface area contributed by atoms with Crippen LogP contribution in [0, 0.1) is 10.1 Å². The lowest BCUT2D eigenvalue weighted by atomic mass is 10.1. The molecule has 0 bridgehead atoms. The molecule has 0 aliphatic heterocycles. The van der Waals surface area contributed by atoms with E-state index in [0.29, 0.717) is 17.3 Å². The Kier molecular flexibility index (Phi) is 5.61. The van der Waals surface area contributed by atoms with Crippen molar-refractivity contribution in [1.82, 2.24) is 5.32 Å². The fourth-order valence-electron chi connectivity index (χ4n) is 1.37. The summed E-state index contributed by atoms with van der Waals surface area (Å²) in [7, 11) is 0. The third-order valence-corrected chi connectivity index (χ3v) is 2.31. The summed E-state index contributed by atoms with van der Waals surface area (Å²) >= 11 is 5.62. The molecule has 0 aliphatic carbocycles. The van der Waals surface area contributed by atoms with Gasteiger partial charge < -0.3 is 10.1 Å². The van der Waals surface area contributed by atoms with Crippen molar-refractivity contribution in [3.8, 4) is 5.75 Å². The number of nitrogens with one attached hydrogen (secondary N) is 1. The quantitative estimate of drug-likeness (QED) is 0.611. The highest BCUT2D eigenvalue weighted by Crippen LogP contribution is 2.24. The van der Waals surface area contributed by atoms with Gasteiger partial charge in [-0.2, -0.15) is 0 Å². The largest absolute Gasteiger partial charge is 0.488 e. The molecule has 0 fully saturated rings. The molecule has 1 rings (SSSR count). The predicted octanol–water partition coefficient (Wildman–Crippen LogP) is 2.84. The number of nitro groups is 1. The van der Waals surface area contributed by atoms with Crippen LogP contribution in [0.2, 0.25) is 0 Å². The number of rotatable bonds is 7. The Morgan fingerprint density at radius 2 is 2.33 bits per heavy atom. The third-order valence-electron chi connectivity index (χ3n) is 2.20. The zero-order chi connectivity index (χ0) is 13.5. The highest BCUT2D eigenvalue weighted by molar-refractivity contribution is 6.29. The number of hydrogen-bond donors (Lipinski definition) is 1. The Balaban J connectivity index is 2.92. The van der Waals surface area contributed by atoms with Gasteiger partial charge in [-0.3, -0.25) is 10.1 Å². The Morgan fingerprint density at radius 3 is 2.89 bits per heavy atom. The maximum Gasteiger partial charge on any atom is 0.270 e. The molecule has 0 aliphatic rings. The van der Waals surface area contributed by atoms with Crippen molar-refractivity contribution in [3.63, 3.8) is 0 Å². The standard InChI is InChI=1S/C12H15ClN2O3/c1-3-14-7-10-6-11(15(16)17)4-5-12(10)18-8-9(2)13/h4-6,14H,2-3,7-8H2,1H3. The van der Waals surface area contributed by atoms with Gasteiger partial charge >= 0.3 is 0 Å². The summed E-state index contributed by atoms with van der Waals surface area (Å²) in [5, 5.41) is 14.2. The van der Waals surface area contributed by atoms with Crippen LogP contribution < -0.4 is 10.1 Å². The van der Waals surface area contributed by atoms with Crippen LogP contribution in [0.5, 0.6) is 5.75 Å². The summed E-state index contributed by atoms with van der Waals surface area (Å²) in [6.07, 6.45) is 0. The summed E-state index contributed by atoms with van der Waals surface area (Å²) < 4.78 is 5.44. The minimum absolute atomic E-state index is 0.0416. The van der Waals surface area contributed by atoms with Crippen LogP contribution in [-0.4, -0.2) is 18.1 Å². The van der Waals surface area contributed by atoms with Crippen molar-refractivity contribution in [2.45, 2.75) is 13.5 Å². The SMILES string of the molecule is C=C(Cl)COc1ccc([N+](=O)[O-])cc1CNCC. The van der Waals surface area contributed by atoms with Crippen LogP contribution in [-0.2, 0) is 6.54 Å². The van der Waals surface area contributed by atoms with Crippen molar-refractivity contribution in [2.75, 3.05) is 13.2 Å². The van der Waals surface area contributed by atoms with E-state index in [2.05, 4.69) is 11.9 Å². The first-order valence-corrected chi connectivity index (χ1v) is 5.86. The van der Waals surface area contributed by atoms with Crippen molar-refractivity contribution >= 4 is 17.3 Å². The molecular weight excluding hydrogens is 256 g/mol. The van der Waals surface area contributed by atoms with E-state index in [1.807, 2.05) is 6.92 Å². The highest BCUT2D eigenvalue weighted by atomic mass is 35.5. The summed E-state index contributed by atoms with van der Waals surface area (Å²) in [5.41, 5.74) is 0.768. The van der Waals surface area contributed by atoms with Gasteiger partial charge in [-0.1, -0.05) is 25.1 Å². The molecule has 1 aromatic carbocycles. The molecule has 1 aromatic rings. The van der Waals surface area contributed by atoms with Gasteiger partial charge in [0, 0.05) is 29.3 Å². The molecule has 6 heteroatoms. The fourth-order valence-corrected chi connectivity index (χ4v) is 1.43. The van der Waals surface area contributed by atoms with Crippen LogP contribution in [0.4, 0.5) is 5.69 Å². The number of nitrogens with zero attached hydrogens (tertiary/aromatic N) is 1. The molecular formula is C12H15ClN2O3. The lowest BCUT2D eigenvalue weighted by Crippen LogP contribution is -2.13. The van der Waals surface area contributed by atoms with Crippen LogP contribution in [0.25, 0.3) is 0 Å². The normalized spacial score (nSPS) is 10.1. The van der Waals surface area contributed by atoms with Crippen LogP contribution in [0.15, 0.2) is 29.8 Å². The van der Waals surface area contributed by atoms with Gasteiger partial charge in [0.1, 0.15) is 12.4 Å². The first kappa shape index (κ1) is 14.5. The maximum absolute atomic E-state index is 10.7. The van der Waals surface area contributed by atoms with Crippen LogP contribution in [0.3, 0.4) is 0 Å². The highest BCUT2D eigenvalue weighted by Gasteiger charge is 2.11. The van der Waals surface area contributed by atoms with Crippen molar-refractivity contribution in [3.05, 3.63) is 45.5 Å². The second-order valence-electron chi connectivity index (χ2n) is 3.64. The summed E-state index contributed by atoms with van der Waals surface area (Å²) in [5.74, 6) is 0.573. The van der Waals surface area contributed by atoms with Crippen molar-refractivity contribution in [2.24, 2.45) is 0 Å². The van der Waals surface area contributed by atoms with Gasteiger partial charge in [0.2, 0.25) is 0 Å². The summed E-state index contributed by atoms with van der Waals surface area (Å²) in [6, 6.07) is 4.47. The zero-order valence-corrected chi connectivity index (χ0v) is 10.9. The molecule has 0 saturated heterocycles. The number of hydrogen-bond acceptors (Lipinski definition) is 4. The van der Waals surface area contributed by atoms with Gasteiger partial charge in [0.15, 0.2) is 0 Å². The second-order valence-corrected chi connectivity index (χ2v) is 4.17. The monoisotopic (exact) mass is 270 g/mol. The number of nitro benzene ring substituents is 1. The molecule has 0 atom stereocenters. The lowest BCUT2D eigenvalue weighted by Gasteiger charge is -2.11. The first-order valence-electron chi connectivity index (χ1n) is 5.48. The number of non-ortho nitro benzene ring substituents is 1. The van der Waals surface area contributed by atoms with E-state index in [-0.39, 0.29) is 12.3 Å². The Bertz CT molecular complexity index is 449. The lowest BCUT2D eigenvalue weighted by molar-refractivity contribution is -0.384. The van der Waals surface area contributed by atoms with E-state index >= 15 is 0 Å². The van der Waals surface area contributed by atoms with Crippen molar-refractivity contribution in [1.29, 1.82) is 0 Å². The molecule has 5 nitrogen and oxygen atoms in total. The molecule has 0 amide bonds. The van der Waals surface area contributed by atoms with E-state index in [1.54, 1.807) is 6.07 Å². The molecule has 0 heterocycles. The van der Waals surface area contributed by atoms with Gasteiger partial charge in [-0.15, -0.1) is 0 Å². The minimum Gasteiger partial charge on any atom is -0.488 e. The Hall–Kier alpha value is -1.59. The molecule has 18 heavy (non-hydrogen) atoms. The molecule has 0 radical (unpaired) electrons. The van der Waals surface area contributed by atoms with Crippen LogP contribution >= 0.6 is 11.6 Å². The Labute approximate surface area is 111 Å². The van der Waals surface area contributed by atoms with Gasteiger partial charge in [0.05, 0.1) is 4.92 Å². The van der Waals surface area contributed by atoms with Crippen molar-refractivity contribution < 1.29 is 9.66 Å². The summed E-state index contributed by atoms with van der Waals surface area (Å²) in [4.78, 5) is 10.3. The maximum atomic E-state index is 10.7. The van der Waals surface area contributed by atoms with E-state index in [1.165, 1.54) is 12.1 Å². The van der Waals surface area contributed by atoms with E-state index in [9.17, 15) is 10.1 Å². The zero-order valence-electron chi connectivity index (χ0n) is 10.1. The van der Waals surface area contributed by atoms with E-state index in [0.717, 1.165) is 12.1 Å². The van der Waals surface area contributed by atoms with Gasteiger partial charge in [-0.25, -0.2) is 0 Å². The van der Waals surface area contributed by atoms with Gasteiger partial charge in [0.25, 0.3) is 5.69 Å². The minimum atomic E-state index is -0.431. The molecule has 0 unspecified atom stereocenters. The molecule has 0 saturated carbocycles. The average Bonchev–Trinajstić information content (AvgIpc) is 2.33. The van der Waals surface area contributed by atoms with E-state index < -0.39 is 4.92 Å². The van der Waals surface area contributed by atoms with E-state index in [4.69, 9.17) is 16.3 Å². The molecule has 98 valence electrons. The smallest absolute Gasteiger partial charge is 0.270 e. The number of halogens is 1. The third kappa shape index (κ3) is 4.35. The van der Waals surface area contributed by atoms with Gasteiger partial charge in [-0.05, 0) is 12.6 Å². The van der Waals surface area contributed by atoms with Crippen LogP contribution in [0.1, 0.15) is 12.5 Å². The Morgan fingerprint density at radius 1 is 1.61 bits per heavy atom. The fraction of sp³-hybridized carbons (Fsp3) is 0.333. The summed E-state index contributed by atoms with van der Waals surface area (Å²) in [6.45, 7) is 6.93. The number of benzene rings is 1. The second kappa shape index (κ2) is 6.98. The number of ether oxygens (including phenoxy) is 1. The average molecular weight is 271 g/mol. The molecule has 0 spiro atoms. The molecule has 0 aromatic heterocycles. The first-order chi connectivity index (χ1) is 8.54. The molecule has 1 N–H and O–H groups in total. The topological polar surface area (TPSA) is 64.4 Å². The predicted molar refractivity (Wildman–Crippen MR) is 71.0 cm³/mol.